The van der Waals surface area contributed by atoms with E-state index in [-0.39, 0.29) is 42.8 Å². The fraction of sp³-hybridized carbons (Fsp3) is 0.294. The molecule has 1 heterocycles. The summed E-state index contributed by atoms with van der Waals surface area (Å²) in [5.41, 5.74) is 0.846. The highest BCUT2D eigenvalue weighted by Crippen LogP contribution is 2.23. The van der Waals surface area contributed by atoms with E-state index in [1.165, 1.54) is 18.3 Å². The zero-order chi connectivity index (χ0) is 18.2. The molecule has 0 radical (unpaired) electrons. The van der Waals surface area contributed by atoms with Gasteiger partial charge in [-0.2, -0.15) is 0 Å². The maximum Gasteiger partial charge on any atom is 0.191 e. The number of pyridine rings is 1. The number of hydrogen-bond acceptors (Lipinski definition) is 3. The molecule has 0 amide bonds. The van der Waals surface area contributed by atoms with Crippen LogP contribution in [0.1, 0.15) is 24.3 Å². The van der Waals surface area contributed by atoms with E-state index in [2.05, 4.69) is 20.6 Å². The lowest BCUT2D eigenvalue weighted by Gasteiger charge is -2.16. The number of aliphatic hydroxyl groups is 1. The second-order valence-electron chi connectivity index (χ2n) is 5.23. The SMILES string of the molecule is CCNC(=NCc1ncccc1F)NCC(O)c1cc(Cl)cc(Cl)c1.I. The number of guanidine groups is 1. The van der Waals surface area contributed by atoms with E-state index >= 15 is 0 Å². The van der Waals surface area contributed by atoms with Crippen LogP contribution in [0.2, 0.25) is 10.0 Å². The average molecular weight is 513 g/mol. The Balaban J connectivity index is 0.00000338. The molecule has 0 saturated carbocycles. The van der Waals surface area contributed by atoms with Gasteiger partial charge in [-0.25, -0.2) is 9.38 Å². The van der Waals surface area contributed by atoms with E-state index in [1.807, 2.05) is 6.92 Å². The van der Waals surface area contributed by atoms with E-state index in [4.69, 9.17) is 23.2 Å². The van der Waals surface area contributed by atoms with Gasteiger partial charge in [0.25, 0.3) is 0 Å². The number of aromatic nitrogens is 1. The van der Waals surface area contributed by atoms with Crippen LogP contribution in [-0.2, 0) is 6.54 Å². The van der Waals surface area contributed by atoms with Crippen LogP contribution < -0.4 is 10.6 Å². The molecule has 9 heteroatoms. The van der Waals surface area contributed by atoms with Gasteiger partial charge in [0.15, 0.2) is 5.96 Å². The topological polar surface area (TPSA) is 69.5 Å². The molecule has 142 valence electrons. The van der Waals surface area contributed by atoms with Gasteiger partial charge in [-0.15, -0.1) is 24.0 Å². The van der Waals surface area contributed by atoms with Gasteiger partial charge in [0.2, 0.25) is 0 Å². The molecule has 0 aliphatic heterocycles. The zero-order valence-corrected chi connectivity index (χ0v) is 17.9. The first-order chi connectivity index (χ1) is 12.0. The Kier molecular flexibility index (Phi) is 10.1. The molecule has 5 nitrogen and oxygen atoms in total. The summed E-state index contributed by atoms with van der Waals surface area (Å²) < 4.78 is 13.6. The van der Waals surface area contributed by atoms with Gasteiger partial charge >= 0.3 is 0 Å². The van der Waals surface area contributed by atoms with E-state index in [0.717, 1.165) is 0 Å². The van der Waals surface area contributed by atoms with E-state index < -0.39 is 11.9 Å². The minimum atomic E-state index is -0.827. The molecule has 3 N–H and O–H groups in total. The lowest BCUT2D eigenvalue weighted by molar-refractivity contribution is 0.181. The van der Waals surface area contributed by atoms with Gasteiger partial charge in [0.1, 0.15) is 5.82 Å². The predicted octanol–water partition coefficient (Wildman–Crippen LogP) is 3.93. The Hall–Kier alpha value is -1.16. The lowest BCUT2D eigenvalue weighted by atomic mass is 10.1. The first-order valence-corrected chi connectivity index (χ1v) is 8.50. The van der Waals surface area contributed by atoms with Crippen LogP contribution in [0.4, 0.5) is 4.39 Å². The molecule has 0 bridgehead atoms. The number of benzene rings is 1. The van der Waals surface area contributed by atoms with Crippen LogP contribution in [0.15, 0.2) is 41.5 Å². The number of aliphatic hydroxyl groups excluding tert-OH is 1. The molecular weight excluding hydrogens is 493 g/mol. The van der Waals surface area contributed by atoms with Crippen LogP contribution in [0.3, 0.4) is 0 Å². The van der Waals surface area contributed by atoms with Crippen molar-refractivity contribution < 1.29 is 9.50 Å². The van der Waals surface area contributed by atoms with Crippen molar-refractivity contribution in [2.75, 3.05) is 13.1 Å². The number of nitrogens with one attached hydrogen (secondary N) is 2. The summed E-state index contributed by atoms with van der Waals surface area (Å²) in [5.74, 6) is 0.0374. The van der Waals surface area contributed by atoms with Crippen molar-refractivity contribution in [3.8, 4) is 0 Å². The maximum atomic E-state index is 13.6. The summed E-state index contributed by atoms with van der Waals surface area (Å²) in [6, 6.07) is 7.75. The van der Waals surface area contributed by atoms with E-state index in [0.29, 0.717) is 28.1 Å². The summed E-state index contributed by atoms with van der Waals surface area (Å²) in [6.07, 6.45) is 0.688. The minimum absolute atomic E-state index is 0. The van der Waals surface area contributed by atoms with E-state index in [9.17, 15) is 9.50 Å². The highest BCUT2D eigenvalue weighted by Gasteiger charge is 2.11. The summed E-state index contributed by atoms with van der Waals surface area (Å²) >= 11 is 11.9. The van der Waals surface area contributed by atoms with Crippen molar-refractivity contribution in [2.45, 2.75) is 19.6 Å². The van der Waals surface area contributed by atoms with Gasteiger partial charge in [0.05, 0.1) is 18.3 Å². The van der Waals surface area contributed by atoms with Gasteiger partial charge in [-0.3, -0.25) is 4.98 Å². The van der Waals surface area contributed by atoms with Crippen molar-refractivity contribution in [2.24, 2.45) is 4.99 Å². The molecule has 1 atom stereocenters. The first-order valence-electron chi connectivity index (χ1n) is 7.75. The molecule has 0 saturated heterocycles. The van der Waals surface area contributed by atoms with Crippen molar-refractivity contribution in [1.82, 2.24) is 15.6 Å². The van der Waals surface area contributed by atoms with Gasteiger partial charge in [0, 0.05) is 29.3 Å². The fourth-order valence-electron chi connectivity index (χ4n) is 2.11. The fourth-order valence-corrected chi connectivity index (χ4v) is 2.65. The Morgan fingerprint density at radius 1 is 1.27 bits per heavy atom. The van der Waals surface area contributed by atoms with Crippen molar-refractivity contribution in [3.05, 3.63) is 63.6 Å². The van der Waals surface area contributed by atoms with Crippen LogP contribution in [0.25, 0.3) is 0 Å². The molecule has 0 spiro atoms. The third kappa shape index (κ3) is 7.22. The molecule has 26 heavy (non-hydrogen) atoms. The standard InChI is InChI=1S/C17H19Cl2FN4O.HI/c1-2-21-17(23-9-15-14(20)4-3-5-22-15)24-10-16(25)11-6-12(18)8-13(19)7-11;/h3-8,16,25H,2,9-10H2,1H3,(H2,21,23,24);1H. The highest BCUT2D eigenvalue weighted by molar-refractivity contribution is 14.0. The third-order valence-corrected chi connectivity index (χ3v) is 3.73. The monoisotopic (exact) mass is 512 g/mol. The van der Waals surface area contributed by atoms with Crippen molar-refractivity contribution >= 4 is 53.1 Å². The van der Waals surface area contributed by atoms with Gasteiger partial charge in [-0.05, 0) is 42.8 Å². The maximum absolute atomic E-state index is 13.6. The van der Waals surface area contributed by atoms with Crippen LogP contribution >= 0.6 is 47.2 Å². The molecule has 0 aliphatic carbocycles. The third-order valence-electron chi connectivity index (χ3n) is 3.30. The van der Waals surface area contributed by atoms with Crippen LogP contribution in [0, 0.1) is 5.82 Å². The molecule has 0 fully saturated rings. The van der Waals surface area contributed by atoms with Crippen LogP contribution in [0.5, 0.6) is 0 Å². The number of hydrogen-bond donors (Lipinski definition) is 3. The quantitative estimate of drug-likeness (QED) is 0.311. The second-order valence-corrected chi connectivity index (χ2v) is 6.10. The van der Waals surface area contributed by atoms with Gasteiger partial charge in [-0.1, -0.05) is 23.2 Å². The van der Waals surface area contributed by atoms with Crippen molar-refractivity contribution in [3.63, 3.8) is 0 Å². The number of rotatable bonds is 6. The molecule has 0 aliphatic rings. The largest absolute Gasteiger partial charge is 0.387 e. The lowest BCUT2D eigenvalue weighted by Crippen LogP contribution is -2.39. The molecule has 1 aromatic heterocycles. The average Bonchev–Trinajstić information content (AvgIpc) is 2.57. The predicted molar refractivity (Wildman–Crippen MR) is 114 cm³/mol. The summed E-state index contributed by atoms with van der Waals surface area (Å²) in [4.78, 5) is 8.23. The molecule has 2 rings (SSSR count). The number of nitrogens with zero attached hydrogens (tertiary/aromatic N) is 2. The molecule has 1 unspecified atom stereocenters. The number of halogens is 4. The van der Waals surface area contributed by atoms with E-state index in [1.54, 1.807) is 18.2 Å². The smallest absolute Gasteiger partial charge is 0.191 e. The minimum Gasteiger partial charge on any atom is -0.387 e. The molecular formula is C17H20Cl2FIN4O. The zero-order valence-electron chi connectivity index (χ0n) is 14.0. The second kappa shape index (κ2) is 11.5. The highest BCUT2D eigenvalue weighted by atomic mass is 127. The first kappa shape index (κ1) is 22.9. The van der Waals surface area contributed by atoms with Crippen LogP contribution in [-0.4, -0.2) is 29.1 Å². The molecule has 2 aromatic rings. The number of aliphatic imine (C=N–C) groups is 1. The summed E-state index contributed by atoms with van der Waals surface area (Å²) in [5, 5.41) is 17.2. The van der Waals surface area contributed by atoms with Gasteiger partial charge < -0.3 is 15.7 Å². The summed E-state index contributed by atoms with van der Waals surface area (Å²) in [6.45, 7) is 2.80. The normalized spacial score (nSPS) is 12.3. The Morgan fingerprint density at radius 2 is 1.96 bits per heavy atom. The molecule has 1 aromatic carbocycles. The van der Waals surface area contributed by atoms with Crippen molar-refractivity contribution in [1.29, 1.82) is 0 Å². The Labute approximate surface area is 179 Å². The summed E-state index contributed by atoms with van der Waals surface area (Å²) in [7, 11) is 0. The Bertz CT molecular complexity index is 728. The Morgan fingerprint density at radius 3 is 2.58 bits per heavy atom.